The molecule has 0 radical (unpaired) electrons. The molecule has 6 heteroatoms. The quantitative estimate of drug-likeness (QED) is 0.744. The highest BCUT2D eigenvalue weighted by atomic mass is 15.3. The van der Waals surface area contributed by atoms with Crippen LogP contribution in [-0.4, -0.2) is 25.8 Å². The van der Waals surface area contributed by atoms with E-state index in [9.17, 15) is 0 Å². The van der Waals surface area contributed by atoms with Crippen LogP contribution in [0.15, 0.2) is 30.5 Å². The largest absolute Gasteiger partial charge is 0.365 e. The third kappa shape index (κ3) is 3.29. The summed E-state index contributed by atoms with van der Waals surface area (Å²) in [6, 6.07) is 8.88. The van der Waals surface area contributed by atoms with Crippen LogP contribution < -0.4 is 10.6 Å². The zero-order valence-electron chi connectivity index (χ0n) is 14.8. The van der Waals surface area contributed by atoms with Gasteiger partial charge in [0.2, 0.25) is 5.95 Å². The van der Waals surface area contributed by atoms with Gasteiger partial charge in [0.15, 0.2) is 5.65 Å². The van der Waals surface area contributed by atoms with Crippen LogP contribution in [0.1, 0.15) is 36.8 Å². The summed E-state index contributed by atoms with van der Waals surface area (Å²) in [4.78, 5) is 9.41. The van der Waals surface area contributed by atoms with E-state index in [4.69, 9.17) is 4.98 Å². The van der Waals surface area contributed by atoms with Crippen molar-refractivity contribution in [2.24, 2.45) is 7.05 Å². The average Bonchev–Trinajstić information content (AvgIpc) is 3.25. The minimum absolute atomic E-state index is 0.481. The molecule has 3 aromatic rings. The molecular weight excluding hydrogens is 312 g/mol. The van der Waals surface area contributed by atoms with E-state index in [1.165, 1.54) is 36.8 Å². The SMILES string of the molecule is Cc1ccccc1CNc1nc(NC2CCCC2)nc2c1cnn2C. The van der Waals surface area contributed by atoms with Gasteiger partial charge in [-0.1, -0.05) is 37.1 Å². The molecule has 1 aliphatic rings. The average molecular weight is 336 g/mol. The first-order valence-corrected chi connectivity index (χ1v) is 8.95. The van der Waals surface area contributed by atoms with Crippen molar-refractivity contribution >= 4 is 22.8 Å². The first-order chi connectivity index (χ1) is 12.2. The van der Waals surface area contributed by atoms with E-state index >= 15 is 0 Å². The smallest absolute Gasteiger partial charge is 0.226 e. The summed E-state index contributed by atoms with van der Waals surface area (Å²) in [5.41, 5.74) is 3.39. The maximum Gasteiger partial charge on any atom is 0.226 e. The molecule has 1 aromatic carbocycles. The van der Waals surface area contributed by atoms with Crippen LogP contribution in [0.25, 0.3) is 11.0 Å². The molecule has 2 N–H and O–H groups in total. The number of hydrogen-bond donors (Lipinski definition) is 2. The van der Waals surface area contributed by atoms with Gasteiger partial charge in [0.05, 0.1) is 11.6 Å². The molecule has 1 saturated carbocycles. The van der Waals surface area contributed by atoms with E-state index in [2.05, 4.69) is 51.9 Å². The molecule has 0 saturated heterocycles. The van der Waals surface area contributed by atoms with Gasteiger partial charge >= 0.3 is 0 Å². The van der Waals surface area contributed by atoms with Crippen LogP contribution >= 0.6 is 0 Å². The van der Waals surface area contributed by atoms with Crippen molar-refractivity contribution in [3.8, 4) is 0 Å². The second-order valence-electron chi connectivity index (χ2n) is 6.81. The van der Waals surface area contributed by atoms with Gasteiger partial charge in [0.25, 0.3) is 0 Å². The lowest BCUT2D eigenvalue weighted by molar-refractivity contribution is 0.741. The summed E-state index contributed by atoms with van der Waals surface area (Å²) < 4.78 is 1.80. The van der Waals surface area contributed by atoms with Crippen molar-refractivity contribution in [1.29, 1.82) is 0 Å². The maximum atomic E-state index is 4.74. The lowest BCUT2D eigenvalue weighted by atomic mass is 10.1. The number of benzene rings is 1. The van der Waals surface area contributed by atoms with Gasteiger partial charge in [-0.3, -0.25) is 4.68 Å². The lowest BCUT2D eigenvalue weighted by Crippen LogP contribution is -2.17. The minimum Gasteiger partial charge on any atom is -0.365 e. The van der Waals surface area contributed by atoms with Gasteiger partial charge in [0, 0.05) is 19.6 Å². The molecule has 2 aromatic heterocycles. The number of anilines is 2. The number of rotatable bonds is 5. The van der Waals surface area contributed by atoms with Crippen LogP contribution in [0.4, 0.5) is 11.8 Å². The van der Waals surface area contributed by atoms with Gasteiger partial charge < -0.3 is 10.6 Å². The Bertz CT molecular complexity index is 879. The summed E-state index contributed by atoms with van der Waals surface area (Å²) in [5.74, 6) is 1.53. The molecule has 6 nitrogen and oxygen atoms in total. The Morgan fingerprint density at radius 3 is 2.76 bits per heavy atom. The fraction of sp³-hybridized carbons (Fsp3) is 0.421. The van der Waals surface area contributed by atoms with E-state index in [0.29, 0.717) is 12.0 Å². The Morgan fingerprint density at radius 1 is 1.16 bits per heavy atom. The van der Waals surface area contributed by atoms with E-state index in [0.717, 1.165) is 23.4 Å². The predicted octanol–water partition coefficient (Wildman–Crippen LogP) is 3.64. The summed E-state index contributed by atoms with van der Waals surface area (Å²) in [6.07, 6.45) is 6.78. The molecule has 0 unspecified atom stereocenters. The molecule has 0 bridgehead atoms. The summed E-state index contributed by atoms with van der Waals surface area (Å²) in [6.45, 7) is 2.86. The fourth-order valence-electron chi connectivity index (χ4n) is 3.46. The maximum absolute atomic E-state index is 4.74. The summed E-state index contributed by atoms with van der Waals surface area (Å²) >= 11 is 0. The highest BCUT2D eigenvalue weighted by molar-refractivity contribution is 5.87. The number of fused-ring (bicyclic) bond motifs is 1. The second kappa shape index (κ2) is 6.70. The highest BCUT2D eigenvalue weighted by Gasteiger charge is 2.18. The van der Waals surface area contributed by atoms with E-state index in [-0.39, 0.29) is 0 Å². The van der Waals surface area contributed by atoms with Crippen LogP contribution in [-0.2, 0) is 13.6 Å². The first kappa shape index (κ1) is 15.9. The van der Waals surface area contributed by atoms with Crippen molar-refractivity contribution in [3.63, 3.8) is 0 Å². The molecule has 1 fully saturated rings. The highest BCUT2D eigenvalue weighted by Crippen LogP contribution is 2.25. The Hall–Kier alpha value is -2.63. The topological polar surface area (TPSA) is 67.7 Å². The summed E-state index contributed by atoms with van der Waals surface area (Å²) in [7, 11) is 1.92. The number of nitrogens with one attached hydrogen (secondary N) is 2. The molecule has 4 rings (SSSR count). The van der Waals surface area contributed by atoms with E-state index < -0.39 is 0 Å². The van der Waals surface area contributed by atoms with Crippen LogP contribution in [0.3, 0.4) is 0 Å². The lowest BCUT2D eigenvalue weighted by Gasteiger charge is -2.14. The molecule has 1 aliphatic carbocycles. The third-order valence-corrected chi connectivity index (χ3v) is 4.99. The molecule has 0 spiro atoms. The summed E-state index contributed by atoms with van der Waals surface area (Å²) in [5, 5.41) is 12.3. The Balaban J connectivity index is 1.62. The monoisotopic (exact) mass is 336 g/mol. The normalized spacial score (nSPS) is 15.0. The zero-order chi connectivity index (χ0) is 17.2. The second-order valence-corrected chi connectivity index (χ2v) is 6.81. The van der Waals surface area contributed by atoms with Gasteiger partial charge in [0.1, 0.15) is 5.82 Å². The van der Waals surface area contributed by atoms with E-state index in [1.54, 1.807) is 4.68 Å². The molecule has 0 atom stereocenters. The van der Waals surface area contributed by atoms with Crippen LogP contribution in [0, 0.1) is 6.92 Å². The number of hydrogen-bond acceptors (Lipinski definition) is 5. The molecule has 130 valence electrons. The Labute approximate surface area is 147 Å². The van der Waals surface area contributed by atoms with Gasteiger partial charge in [-0.15, -0.1) is 0 Å². The number of aromatic nitrogens is 4. The van der Waals surface area contributed by atoms with E-state index in [1.807, 2.05) is 13.2 Å². The van der Waals surface area contributed by atoms with Crippen LogP contribution in [0.2, 0.25) is 0 Å². The zero-order valence-corrected chi connectivity index (χ0v) is 14.8. The van der Waals surface area contributed by atoms with Crippen molar-refractivity contribution < 1.29 is 0 Å². The molecule has 0 aliphatic heterocycles. The molecule has 2 heterocycles. The van der Waals surface area contributed by atoms with Crippen molar-refractivity contribution in [2.75, 3.05) is 10.6 Å². The van der Waals surface area contributed by atoms with Crippen molar-refractivity contribution in [1.82, 2.24) is 19.7 Å². The predicted molar refractivity (Wildman–Crippen MR) is 101 cm³/mol. The van der Waals surface area contributed by atoms with Gasteiger partial charge in [-0.25, -0.2) is 0 Å². The molecule has 25 heavy (non-hydrogen) atoms. The number of nitrogens with zero attached hydrogens (tertiary/aromatic N) is 4. The minimum atomic E-state index is 0.481. The standard InChI is InChI=1S/C19H24N6/c1-13-7-3-4-8-14(13)11-20-17-16-12-21-25(2)18(16)24-19(23-17)22-15-9-5-6-10-15/h3-4,7-8,12,15H,5-6,9-11H2,1-2H3,(H2,20,22,23,24). The van der Waals surface area contributed by atoms with Gasteiger partial charge in [-0.05, 0) is 30.9 Å². The molecular formula is C19H24N6. The Kier molecular flexibility index (Phi) is 4.26. The van der Waals surface area contributed by atoms with Crippen LogP contribution in [0.5, 0.6) is 0 Å². The van der Waals surface area contributed by atoms with Crippen molar-refractivity contribution in [2.45, 2.75) is 45.2 Å². The third-order valence-electron chi connectivity index (χ3n) is 4.99. The van der Waals surface area contributed by atoms with Gasteiger partial charge in [-0.2, -0.15) is 15.1 Å². The Morgan fingerprint density at radius 2 is 1.96 bits per heavy atom. The first-order valence-electron chi connectivity index (χ1n) is 8.95. The fourth-order valence-corrected chi connectivity index (χ4v) is 3.46. The molecule has 0 amide bonds. The number of aryl methyl sites for hydroxylation is 2. The van der Waals surface area contributed by atoms with Crippen molar-refractivity contribution in [3.05, 3.63) is 41.6 Å².